The largest absolute Gasteiger partial charge is 0.299 e. The molecular weight excluding hydrogens is 232 g/mol. The maximum absolute atomic E-state index is 12.0. The number of Topliss-reactive ketones (excluding diaryl/α,β-unsaturated/α-hetero) is 1. The van der Waals surface area contributed by atoms with Gasteiger partial charge in [0, 0.05) is 23.0 Å². The van der Waals surface area contributed by atoms with Crippen LogP contribution in [-0.4, -0.2) is 15.7 Å². The van der Waals surface area contributed by atoms with Gasteiger partial charge in [0.15, 0.2) is 0 Å². The first-order chi connectivity index (χ1) is 8.27. The molecule has 0 bridgehead atoms. The minimum Gasteiger partial charge on any atom is -0.299 e. The van der Waals surface area contributed by atoms with Gasteiger partial charge in [-0.05, 0) is 31.4 Å². The van der Waals surface area contributed by atoms with Crippen molar-refractivity contribution in [3.63, 3.8) is 0 Å². The Balaban J connectivity index is 1.86. The highest BCUT2D eigenvalue weighted by Crippen LogP contribution is 2.24. The molecule has 0 radical (unpaired) electrons. The molecule has 1 aliphatic rings. The molecule has 1 aromatic rings. The minimum atomic E-state index is -0.952. The highest BCUT2D eigenvalue weighted by atomic mass is 32.2. The number of hydrogen-bond acceptors (Lipinski definition) is 2. The Morgan fingerprint density at radius 3 is 2.65 bits per heavy atom. The summed E-state index contributed by atoms with van der Waals surface area (Å²) in [7, 11) is -0.952. The van der Waals surface area contributed by atoms with E-state index in [0.717, 1.165) is 37.0 Å². The van der Waals surface area contributed by atoms with E-state index in [9.17, 15) is 9.00 Å². The molecule has 2 atom stereocenters. The summed E-state index contributed by atoms with van der Waals surface area (Å²) in [5, 5.41) is 0. The monoisotopic (exact) mass is 250 g/mol. The van der Waals surface area contributed by atoms with Gasteiger partial charge >= 0.3 is 0 Å². The van der Waals surface area contributed by atoms with Gasteiger partial charge in [-0.3, -0.25) is 9.00 Å². The zero-order valence-electron chi connectivity index (χ0n) is 9.93. The first-order valence-electron chi connectivity index (χ1n) is 6.23. The van der Waals surface area contributed by atoms with Gasteiger partial charge in [0.05, 0.1) is 10.8 Å². The zero-order chi connectivity index (χ0) is 12.1. The molecule has 1 fully saturated rings. The molecule has 1 aliphatic carbocycles. The van der Waals surface area contributed by atoms with Crippen LogP contribution in [0, 0.1) is 5.92 Å². The maximum Gasteiger partial charge on any atom is 0.136 e. The predicted molar refractivity (Wildman–Crippen MR) is 69.3 cm³/mol. The van der Waals surface area contributed by atoms with Gasteiger partial charge in [-0.25, -0.2) is 0 Å². The van der Waals surface area contributed by atoms with E-state index in [4.69, 9.17) is 0 Å². The van der Waals surface area contributed by atoms with Crippen molar-refractivity contribution in [1.82, 2.24) is 0 Å². The lowest BCUT2D eigenvalue weighted by molar-refractivity contribution is -0.124. The average Bonchev–Trinajstić information content (AvgIpc) is 2.38. The van der Waals surface area contributed by atoms with Crippen molar-refractivity contribution in [3.05, 3.63) is 30.3 Å². The molecule has 0 amide bonds. The number of ketones is 1. The number of carbonyl (C=O) groups is 1. The molecule has 2 rings (SSSR count). The van der Waals surface area contributed by atoms with Crippen LogP contribution in [0.4, 0.5) is 0 Å². The minimum absolute atomic E-state index is 0.163. The van der Waals surface area contributed by atoms with E-state index in [-0.39, 0.29) is 5.92 Å². The summed E-state index contributed by atoms with van der Waals surface area (Å²) in [5.74, 6) is 1.15. The van der Waals surface area contributed by atoms with Crippen LogP contribution in [0.3, 0.4) is 0 Å². The van der Waals surface area contributed by atoms with E-state index >= 15 is 0 Å². The lowest BCUT2D eigenvalue weighted by atomic mass is 9.86. The van der Waals surface area contributed by atoms with Crippen molar-refractivity contribution in [2.75, 3.05) is 5.75 Å². The van der Waals surface area contributed by atoms with Crippen molar-refractivity contribution in [2.45, 2.75) is 37.0 Å². The van der Waals surface area contributed by atoms with E-state index < -0.39 is 10.8 Å². The predicted octanol–water partition coefficient (Wildman–Crippen LogP) is 2.94. The Hall–Kier alpha value is -0.960. The third kappa shape index (κ3) is 3.50. The molecule has 0 N–H and O–H groups in total. The molecule has 1 saturated carbocycles. The van der Waals surface area contributed by atoms with Gasteiger partial charge < -0.3 is 0 Å². The molecule has 0 unspecified atom stereocenters. The smallest absolute Gasteiger partial charge is 0.136 e. The van der Waals surface area contributed by atoms with Crippen LogP contribution in [0.15, 0.2) is 35.2 Å². The summed E-state index contributed by atoms with van der Waals surface area (Å²) in [6, 6.07) is 9.50. The second-order valence-corrected chi connectivity index (χ2v) is 6.13. The van der Waals surface area contributed by atoms with E-state index in [1.54, 1.807) is 0 Å². The molecule has 2 nitrogen and oxygen atoms in total. The van der Waals surface area contributed by atoms with Crippen LogP contribution in [0.2, 0.25) is 0 Å². The lowest BCUT2D eigenvalue weighted by Gasteiger charge is -2.19. The van der Waals surface area contributed by atoms with Crippen LogP contribution in [0.5, 0.6) is 0 Å². The molecule has 92 valence electrons. The van der Waals surface area contributed by atoms with Crippen LogP contribution in [0.1, 0.15) is 32.1 Å². The van der Waals surface area contributed by atoms with Crippen LogP contribution in [0.25, 0.3) is 0 Å². The second-order valence-electron chi connectivity index (χ2n) is 4.56. The lowest BCUT2D eigenvalue weighted by Crippen LogP contribution is -2.20. The summed E-state index contributed by atoms with van der Waals surface area (Å²) in [6.07, 6.45) is 4.68. The molecule has 1 aromatic carbocycles. The quantitative estimate of drug-likeness (QED) is 0.823. The SMILES string of the molecule is O=C1CCCC[C@@H]1CC[S@](=O)c1ccccc1. The topological polar surface area (TPSA) is 34.1 Å². The summed E-state index contributed by atoms with van der Waals surface area (Å²) < 4.78 is 12.0. The Kier molecular flexibility index (Phi) is 4.49. The number of rotatable bonds is 4. The second kappa shape index (κ2) is 6.10. The Morgan fingerprint density at radius 1 is 1.18 bits per heavy atom. The summed E-state index contributed by atoms with van der Waals surface area (Å²) in [6.45, 7) is 0. The van der Waals surface area contributed by atoms with Gasteiger partial charge in [0.25, 0.3) is 0 Å². The molecular formula is C14H18O2S. The Labute approximate surface area is 105 Å². The van der Waals surface area contributed by atoms with Crippen molar-refractivity contribution in [1.29, 1.82) is 0 Å². The summed E-state index contributed by atoms with van der Waals surface area (Å²) in [4.78, 5) is 12.5. The van der Waals surface area contributed by atoms with Gasteiger partial charge in [-0.2, -0.15) is 0 Å². The highest BCUT2D eigenvalue weighted by Gasteiger charge is 2.22. The average molecular weight is 250 g/mol. The van der Waals surface area contributed by atoms with Gasteiger partial charge in [-0.1, -0.05) is 24.6 Å². The third-order valence-corrected chi connectivity index (χ3v) is 4.74. The van der Waals surface area contributed by atoms with Gasteiger partial charge in [-0.15, -0.1) is 0 Å². The van der Waals surface area contributed by atoms with Gasteiger partial charge in [0.1, 0.15) is 5.78 Å². The third-order valence-electron chi connectivity index (χ3n) is 3.34. The van der Waals surface area contributed by atoms with Crippen molar-refractivity contribution >= 4 is 16.6 Å². The zero-order valence-corrected chi connectivity index (χ0v) is 10.7. The number of benzene rings is 1. The first-order valence-corrected chi connectivity index (χ1v) is 7.55. The van der Waals surface area contributed by atoms with Crippen LogP contribution >= 0.6 is 0 Å². The fourth-order valence-corrected chi connectivity index (χ4v) is 3.49. The van der Waals surface area contributed by atoms with Crippen molar-refractivity contribution in [2.24, 2.45) is 5.92 Å². The molecule has 0 aromatic heterocycles. The number of hydrogen-bond donors (Lipinski definition) is 0. The summed E-state index contributed by atoms with van der Waals surface area (Å²) in [5.41, 5.74) is 0. The normalized spacial score (nSPS) is 22.4. The van der Waals surface area contributed by atoms with Crippen LogP contribution < -0.4 is 0 Å². The van der Waals surface area contributed by atoms with Crippen molar-refractivity contribution < 1.29 is 9.00 Å². The molecule has 0 aliphatic heterocycles. The number of carbonyl (C=O) groups excluding carboxylic acids is 1. The maximum atomic E-state index is 12.0. The highest BCUT2D eigenvalue weighted by molar-refractivity contribution is 7.85. The Morgan fingerprint density at radius 2 is 1.94 bits per heavy atom. The van der Waals surface area contributed by atoms with E-state index in [1.165, 1.54) is 0 Å². The van der Waals surface area contributed by atoms with E-state index in [1.807, 2.05) is 30.3 Å². The molecule has 0 saturated heterocycles. The summed E-state index contributed by atoms with van der Waals surface area (Å²) >= 11 is 0. The fraction of sp³-hybridized carbons (Fsp3) is 0.500. The van der Waals surface area contributed by atoms with Crippen molar-refractivity contribution in [3.8, 4) is 0 Å². The Bertz CT molecular complexity index is 400. The van der Waals surface area contributed by atoms with E-state index in [2.05, 4.69) is 0 Å². The first kappa shape index (κ1) is 12.5. The van der Waals surface area contributed by atoms with Crippen LogP contribution in [-0.2, 0) is 15.6 Å². The molecule has 3 heteroatoms. The van der Waals surface area contributed by atoms with E-state index in [0.29, 0.717) is 11.5 Å². The standard InChI is InChI=1S/C14H18O2S/c15-14-9-5-4-6-12(14)10-11-17(16)13-7-2-1-3-8-13/h1-3,7-8,12H,4-6,9-11H2/t12-,17+/m1/s1. The molecule has 0 heterocycles. The molecule has 17 heavy (non-hydrogen) atoms. The van der Waals surface area contributed by atoms with Gasteiger partial charge in [0.2, 0.25) is 0 Å². The fourth-order valence-electron chi connectivity index (χ4n) is 2.30. The molecule has 0 spiro atoms.